The molecule has 70 valence electrons. The van der Waals surface area contributed by atoms with Gasteiger partial charge >= 0.3 is 0 Å². The maximum Gasteiger partial charge on any atom is 0.209 e. The highest BCUT2D eigenvalue weighted by molar-refractivity contribution is 7.99. The number of tetrazole rings is 1. The quantitative estimate of drug-likeness (QED) is 0.520. The SMILES string of the molecule is Cn1nnnc1SCCCCC#N. The minimum absolute atomic E-state index is 0.637. The van der Waals surface area contributed by atoms with Gasteiger partial charge < -0.3 is 0 Å². The number of nitrogens with zero attached hydrogens (tertiary/aromatic N) is 5. The molecule has 0 aliphatic rings. The van der Waals surface area contributed by atoms with E-state index < -0.39 is 0 Å². The molecule has 0 aliphatic carbocycles. The fraction of sp³-hybridized carbons (Fsp3) is 0.714. The topological polar surface area (TPSA) is 67.4 Å². The van der Waals surface area contributed by atoms with Crippen molar-refractivity contribution < 1.29 is 0 Å². The van der Waals surface area contributed by atoms with Crippen molar-refractivity contribution in [1.82, 2.24) is 20.2 Å². The number of hydrogen-bond acceptors (Lipinski definition) is 5. The lowest BCUT2D eigenvalue weighted by atomic mass is 10.3. The summed E-state index contributed by atoms with van der Waals surface area (Å²) in [6.45, 7) is 0. The van der Waals surface area contributed by atoms with Gasteiger partial charge in [-0.15, -0.1) is 5.10 Å². The van der Waals surface area contributed by atoms with Gasteiger partial charge in [-0.05, 0) is 23.3 Å². The second-order valence-corrected chi connectivity index (χ2v) is 3.61. The third-order valence-electron chi connectivity index (χ3n) is 1.50. The van der Waals surface area contributed by atoms with Crippen LogP contribution in [0.5, 0.6) is 0 Å². The minimum atomic E-state index is 0.637. The summed E-state index contributed by atoms with van der Waals surface area (Å²) in [5.41, 5.74) is 0. The van der Waals surface area contributed by atoms with Crippen molar-refractivity contribution in [3.8, 4) is 6.07 Å². The summed E-state index contributed by atoms with van der Waals surface area (Å²) in [7, 11) is 1.82. The Morgan fingerprint density at radius 2 is 2.38 bits per heavy atom. The van der Waals surface area contributed by atoms with Crippen LogP contribution in [0.4, 0.5) is 0 Å². The van der Waals surface area contributed by atoms with Crippen LogP contribution in [0, 0.1) is 11.3 Å². The van der Waals surface area contributed by atoms with E-state index in [0.29, 0.717) is 6.42 Å². The third-order valence-corrected chi connectivity index (χ3v) is 2.59. The average molecular weight is 197 g/mol. The number of unbranched alkanes of at least 4 members (excludes halogenated alkanes) is 2. The predicted octanol–water partition coefficient (Wildman–Crippen LogP) is 0.996. The fourth-order valence-corrected chi connectivity index (χ4v) is 1.66. The molecule has 1 heterocycles. The third kappa shape index (κ3) is 3.42. The first-order chi connectivity index (χ1) is 6.34. The lowest BCUT2D eigenvalue weighted by molar-refractivity contribution is 0.664. The van der Waals surface area contributed by atoms with E-state index in [1.807, 2.05) is 7.05 Å². The summed E-state index contributed by atoms with van der Waals surface area (Å²) >= 11 is 1.62. The number of hydrogen-bond donors (Lipinski definition) is 0. The smallest absolute Gasteiger partial charge is 0.209 e. The normalized spacial score (nSPS) is 9.85. The molecule has 0 saturated carbocycles. The number of aryl methyl sites for hydroxylation is 1. The Hall–Kier alpha value is -1.09. The largest absolute Gasteiger partial charge is 0.224 e. The molecule has 0 unspecified atom stereocenters. The molecule has 0 fully saturated rings. The molecule has 6 heteroatoms. The lowest BCUT2D eigenvalue weighted by Gasteiger charge is -1.96. The molecule has 0 bridgehead atoms. The first-order valence-electron chi connectivity index (χ1n) is 4.06. The van der Waals surface area contributed by atoms with Crippen molar-refractivity contribution in [2.45, 2.75) is 24.4 Å². The summed E-state index contributed by atoms with van der Waals surface area (Å²) in [5, 5.41) is 20.2. The van der Waals surface area contributed by atoms with Crippen LogP contribution in [0.3, 0.4) is 0 Å². The summed E-state index contributed by atoms with van der Waals surface area (Å²) in [4.78, 5) is 0. The van der Waals surface area contributed by atoms with Crippen LogP contribution in [-0.4, -0.2) is 26.0 Å². The number of aromatic nitrogens is 4. The van der Waals surface area contributed by atoms with Gasteiger partial charge in [-0.1, -0.05) is 11.8 Å². The standard InChI is InChI=1S/C7H11N5S/c1-12-7(9-10-11-12)13-6-4-2-3-5-8/h2-4,6H2,1H3. The van der Waals surface area contributed by atoms with Crippen molar-refractivity contribution >= 4 is 11.8 Å². The Morgan fingerprint density at radius 1 is 1.54 bits per heavy atom. The van der Waals surface area contributed by atoms with Crippen LogP contribution in [-0.2, 0) is 7.05 Å². The highest BCUT2D eigenvalue weighted by atomic mass is 32.2. The molecule has 0 spiro atoms. The zero-order valence-electron chi connectivity index (χ0n) is 7.47. The van der Waals surface area contributed by atoms with E-state index in [4.69, 9.17) is 5.26 Å². The van der Waals surface area contributed by atoms with Crippen molar-refractivity contribution in [3.63, 3.8) is 0 Å². The monoisotopic (exact) mass is 197 g/mol. The number of thioether (sulfide) groups is 1. The maximum absolute atomic E-state index is 8.30. The molecule has 1 aromatic heterocycles. The Kier molecular flexibility index (Phi) is 4.26. The van der Waals surface area contributed by atoms with Crippen LogP contribution < -0.4 is 0 Å². The van der Waals surface area contributed by atoms with Crippen molar-refractivity contribution in [1.29, 1.82) is 5.26 Å². The van der Waals surface area contributed by atoms with E-state index in [0.717, 1.165) is 23.8 Å². The summed E-state index contributed by atoms with van der Waals surface area (Å²) in [5.74, 6) is 0.968. The molecule has 0 radical (unpaired) electrons. The zero-order chi connectivity index (χ0) is 9.52. The van der Waals surface area contributed by atoms with Gasteiger partial charge in [0.25, 0.3) is 0 Å². The first kappa shape index (κ1) is 9.99. The summed E-state index contributed by atoms with van der Waals surface area (Å²) in [6.07, 6.45) is 2.62. The molecule has 0 aliphatic heterocycles. The summed E-state index contributed by atoms with van der Waals surface area (Å²) in [6, 6.07) is 2.12. The highest BCUT2D eigenvalue weighted by Gasteiger charge is 2.01. The zero-order valence-corrected chi connectivity index (χ0v) is 8.29. The molecular weight excluding hydrogens is 186 g/mol. The first-order valence-corrected chi connectivity index (χ1v) is 5.05. The highest BCUT2D eigenvalue weighted by Crippen LogP contribution is 2.14. The lowest BCUT2D eigenvalue weighted by Crippen LogP contribution is -1.93. The Labute approximate surface area is 81.1 Å². The van der Waals surface area contributed by atoms with Crippen LogP contribution in [0.15, 0.2) is 5.16 Å². The van der Waals surface area contributed by atoms with Gasteiger partial charge in [0.15, 0.2) is 0 Å². The van der Waals surface area contributed by atoms with E-state index in [1.165, 1.54) is 0 Å². The predicted molar refractivity (Wildman–Crippen MR) is 49.0 cm³/mol. The Balaban J connectivity index is 2.14. The van der Waals surface area contributed by atoms with Crippen molar-refractivity contribution in [2.75, 3.05) is 5.75 Å². The second kappa shape index (κ2) is 5.54. The van der Waals surface area contributed by atoms with Gasteiger partial charge in [0.2, 0.25) is 5.16 Å². The van der Waals surface area contributed by atoms with E-state index in [-0.39, 0.29) is 0 Å². The van der Waals surface area contributed by atoms with Crippen molar-refractivity contribution in [2.24, 2.45) is 7.05 Å². The molecule has 0 aromatic carbocycles. The van der Waals surface area contributed by atoms with Gasteiger partial charge in [-0.25, -0.2) is 4.68 Å². The molecular formula is C7H11N5S. The second-order valence-electron chi connectivity index (χ2n) is 2.55. The van der Waals surface area contributed by atoms with E-state index in [2.05, 4.69) is 21.6 Å². The fourth-order valence-electron chi connectivity index (χ4n) is 0.813. The number of nitriles is 1. The molecule has 13 heavy (non-hydrogen) atoms. The molecule has 1 aromatic rings. The molecule has 5 nitrogen and oxygen atoms in total. The van der Waals surface area contributed by atoms with E-state index >= 15 is 0 Å². The molecule has 0 atom stereocenters. The summed E-state index contributed by atoms with van der Waals surface area (Å²) < 4.78 is 1.65. The molecule has 1 rings (SSSR count). The average Bonchev–Trinajstić information content (AvgIpc) is 2.52. The minimum Gasteiger partial charge on any atom is -0.224 e. The van der Waals surface area contributed by atoms with Gasteiger partial charge in [0, 0.05) is 19.2 Å². The van der Waals surface area contributed by atoms with E-state index in [9.17, 15) is 0 Å². The number of rotatable bonds is 5. The van der Waals surface area contributed by atoms with Crippen molar-refractivity contribution in [3.05, 3.63) is 0 Å². The van der Waals surface area contributed by atoms with Gasteiger partial charge in [0.05, 0.1) is 6.07 Å². The van der Waals surface area contributed by atoms with E-state index in [1.54, 1.807) is 16.4 Å². The van der Waals surface area contributed by atoms with Gasteiger partial charge in [-0.2, -0.15) is 5.26 Å². The Morgan fingerprint density at radius 3 is 3.00 bits per heavy atom. The van der Waals surface area contributed by atoms with Crippen LogP contribution in [0.1, 0.15) is 19.3 Å². The van der Waals surface area contributed by atoms with Crippen LogP contribution in [0.25, 0.3) is 0 Å². The molecule has 0 saturated heterocycles. The molecule has 0 N–H and O–H groups in total. The van der Waals surface area contributed by atoms with Gasteiger partial charge in [-0.3, -0.25) is 0 Å². The van der Waals surface area contributed by atoms with Gasteiger partial charge in [0.1, 0.15) is 0 Å². The Bertz CT molecular complexity index is 289. The van der Waals surface area contributed by atoms with Crippen LogP contribution in [0.2, 0.25) is 0 Å². The molecule has 0 amide bonds. The van der Waals surface area contributed by atoms with Crippen LogP contribution >= 0.6 is 11.8 Å². The maximum atomic E-state index is 8.30.